The Morgan fingerprint density at radius 3 is 2.33 bits per heavy atom. The predicted octanol–water partition coefficient (Wildman–Crippen LogP) is 3.95. The summed E-state index contributed by atoms with van der Waals surface area (Å²) >= 11 is 3.43. The molecule has 0 heterocycles. The van der Waals surface area contributed by atoms with Crippen molar-refractivity contribution in [2.75, 3.05) is 5.32 Å². The molecule has 1 aliphatic rings. The number of rotatable bonds is 5. The summed E-state index contributed by atoms with van der Waals surface area (Å²) in [5.74, 6) is 0.0250. The average Bonchev–Trinajstić information content (AvgIpc) is 3.31. The van der Waals surface area contributed by atoms with Crippen LogP contribution in [0.2, 0.25) is 0 Å². The predicted molar refractivity (Wildman–Crippen MR) is 88.4 cm³/mol. The van der Waals surface area contributed by atoms with Crippen molar-refractivity contribution < 1.29 is 4.79 Å². The second-order valence-electron chi connectivity index (χ2n) is 5.31. The number of nitrogens with one attached hydrogen (secondary N) is 2. The van der Waals surface area contributed by atoms with Gasteiger partial charge in [-0.05, 0) is 54.8 Å². The summed E-state index contributed by atoms with van der Waals surface area (Å²) < 4.78 is 1.08. The Morgan fingerprint density at radius 1 is 1.05 bits per heavy atom. The molecule has 4 heteroatoms. The summed E-state index contributed by atoms with van der Waals surface area (Å²) in [6.07, 6.45) is 2.22. The Labute approximate surface area is 132 Å². The molecule has 0 aromatic heterocycles. The number of carbonyl (C=O) groups excluding carboxylic acids is 1. The number of carbonyl (C=O) groups is 1. The third-order valence-electron chi connectivity index (χ3n) is 3.47. The van der Waals surface area contributed by atoms with Crippen LogP contribution in [-0.2, 0) is 6.54 Å². The van der Waals surface area contributed by atoms with Gasteiger partial charge in [-0.1, -0.05) is 28.1 Å². The molecule has 0 unspecified atom stereocenters. The fourth-order valence-electron chi connectivity index (χ4n) is 2.04. The zero-order valence-electron chi connectivity index (χ0n) is 11.6. The summed E-state index contributed by atoms with van der Waals surface area (Å²) in [6.45, 7) is 0.765. The van der Waals surface area contributed by atoms with Crippen molar-refractivity contribution in [1.82, 2.24) is 5.32 Å². The first-order valence-electron chi connectivity index (χ1n) is 7.10. The topological polar surface area (TPSA) is 41.1 Å². The molecule has 2 aromatic rings. The molecular formula is C17H17BrN2O. The van der Waals surface area contributed by atoms with Crippen molar-refractivity contribution >= 4 is 27.5 Å². The van der Waals surface area contributed by atoms with Crippen LogP contribution in [-0.4, -0.2) is 11.9 Å². The molecular weight excluding hydrogens is 328 g/mol. The van der Waals surface area contributed by atoms with E-state index in [4.69, 9.17) is 0 Å². The van der Waals surface area contributed by atoms with Gasteiger partial charge in [0, 0.05) is 28.3 Å². The van der Waals surface area contributed by atoms with Crippen molar-refractivity contribution in [3.63, 3.8) is 0 Å². The summed E-state index contributed by atoms with van der Waals surface area (Å²) in [6, 6.07) is 16.2. The molecule has 0 spiro atoms. The number of anilines is 1. The lowest BCUT2D eigenvalue weighted by atomic mass is 10.2. The van der Waals surface area contributed by atoms with Gasteiger partial charge < -0.3 is 10.6 Å². The Hall–Kier alpha value is -1.81. The fourth-order valence-corrected chi connectivity index (χ4v) is 2.31. The molecule has 0 radical (unpaired) electrons. The van der Waals surface area contributed by atoms with Gasteiger partial charge in [-0.15, -0.1) is 0 Å². The molecule has 0 atom stereocenters. The molecule has 1 amide bonds. The van der Waals surface area contributed by atoms with E-state index in [1.54, 1.807) is 0 Å². The van der Waals surface area contributed by atoms with E-state index in [0.717, 1.165) is 35.1 Å². The summed E-state index contributed by atoms with van der Waals surface area (Å²) in [5, 5.41) is 6.34. The van der Waals surface area contributed by atoms with Gasteiger partial charge in [0.2, 0.25) is 0 Å². The van der Waals surface area contributed by atoms with Crippen LogP contribution in [0.15, 0.2) is 53.0 Å². The van der Waals surface area contributed by atoms with Crippen molar-refractivity contribution in [3.05, 3.63) is 64.1 Å². The number of hydrogen-bond acceptors (Lipinski definition) is 2. The second-order valence-corrected chi connectivity index (χ2v) is 6.22. The maximum atomic E-state index is 11.9. The molecule has 2 aromatic carbocycles. The van der Waals surface area contributed by atoms with Gasteiger partial charge in [0.1, 0.15) is 0 Å². The van der Waals surface area contributed by atoms with Crippen molar-refractivity contribution in [2.45, 2.75) is 25.4 Å². The zero-order chi connectivity index (χ0) is 14.7. The minimum atomic E-state index is 0.0250. The quantitative estimate of drug-likeness (QED) is 0.861. The molecule has 108 valence electrons. The van der Waals surface area contributed by atoms with E-state index in [1.165, 1.54) is 5.56 Å². The average molecular weight is 345 g/mol. The van der Waals surface area contributed by atoms with Crippen LogP contribution >= 0.6 is 15.9 Å². The normalized spacial score (nSPS) is 13.8. The minimum absolute atomic E-state index is 0.0250. The molecule has 2 N–H and O–H groups in total. The van der Waals surface area contributed by atoms with Gasteiger partial charge in [-0.25, -0.2) is 0 Å². The van der Waals surface area contributed by atoms with E-state index in [2.05, 4.69) is 38.7 Å². The largest absolute Gasteiger partial charge is 0.381 e. The first-order valence-corrected chi connectivity index (χ1v) is 7.89. The van der Waals surface area contributed by atoms with Crippen molar-refractivity contribution in [3.8, 4) is 0 Å². The standard InChI is InChI=1S/C17H17BrN2O/c18-14-5-1-12(2-6-14)11-19-15-7-3-13(4-8-15)17(21)20-16-9-10-16/h1-8,16,19H,9-11H2,(H,20,21). The number of hydrogen-bond donors (Lipinski definition) is 2. The molecule has 1 fully saturated rings. The van der Waals surface area contributed by atoms with Crippen LogP contribution in [0.1, 0.15) is 28.8 Å². The van der Waals surface area contributed by atoms with Gasteiger partial charge >= 0.3 is 0 Å². The van der Waals surface area contributed by atoms with E-state index in [-0.39, 0.29) is 5.91 Å². The van der Waals surface area contributed by atoms with Gasteiger partial charge in [-0.3, -0.25) is 4.79 Å². The molecule has 1 saturated carbocycles. The van der Waals surface area contributed by atoms with E-state index in [0.29, 0.717) is 6.04 Å². The third kappa shape index (κ3) is 4.08. The van der Waals surface area contributed by atoms with Crippen molar-refractivity contribution in [1.29, 1.82) is 0 Å². The maximum Gasteiger partial charge on any atom is 0.251 e. The van der Waals surface area contributed by atoms with E-state index in [1.807, 2.05) is 36.4 Å². The Morgan fingerprint density at radius 2 is 1.71 bits per heavy atom. The Kier molecular flexibility index (Phi) is 4.25. The Balaban J connectivity index is 1.56. The second kappa shape index (κ2) is 6.31. The summed E-state index contributed by atoms with van der Waals surface area (Å²) in [4.78, 5) is 11.9. The highest BCUT2D eigenvalue weighted by molar-refractivity contribution is 9.10. The highest BCUT2D eigenvalue weighted by atomic mass is 79.9. The SMILES string of the molecule is O=C(NC1CC1)c1ccc(NCc2ccc(Br)cc2)cc1. The number of benzene rings is 2. The number of halogens is 1. The smallest absolute Gasteiger partial charge is 0.251 e. The van der Waals surface area contributed by atoms with Crippen molar-refractivity contribution in [2.24, 2.45) is 0 Å². The highest BCUT2D eigenvalue weighted by Crippen LogP contribution is 2.20. The molecule has 3 nitrogen and oxygen atoms in total. The maximum absolute atomic E-state index is 11.9. The van der Waals surface area contributed by atoms with Gasteiger partial charge in [0.15, 0.2) is 0 Å². The summed E-state index contributed by atoms with van der Waals surface area (Å²) in [7, 11) is 0. The molecule has 0 saturated heterocycles. The first-order chi connectivity index (χ1) is 10.2. The van der Waals surface area contributed by atoms with Gasteiger partial charge in [-0.2, -0.15) is 0 Å². The van der Waals surface area contributed by atoms with E-state index < -0.39 is 0 Å². The zero-order valence-corrected chi connectivity index (χ0v) is 13.2. The third-order valence-corrected chi connectivity index (χ3v) is 4.00. The van der Waals surface area contributed by atoms with Gasteiger partial charge in [0.05, 0.1) is 0 Å². The van der Waals surface area contributed by atoms with Crippen LogP contribution < -0.4 is 10.6 Å². The van der Waals surface area contributed by atoms with Crippen LogP contribution in [0.4, 0.5) is 5.69 Å². The lowest BCUT2D eigenvalue weighted by Crippen LogP contribution is -2.25. The van der Waals surface area contributed by atoms with Crippen LogP contribution in [0.3, 0.4) is 0 Å². The van der Waals surface area contributed by atoms with E-state index >= 15 is 0 Å². The molecule has 0 aliphatic heterocycles. The molecule has 0 bridgehead atoms. The monoisotopic (exact) mass is 344 g/mol. The first kappa shape index (κ1) is 14.1. The summed E-state index contributed by atoms with van der Waals surface area (Å²) in [5.41, 5.74) is 2.95. The number of amides is 1. The minimum Gasteiger partial charge on any atom is -0.381 e. The highest BCUT2D eigenvalue weighted by Gasteiger charge is 2.23. The lowest BCUT2D eigenvalue weighted by Gasteiger charge is -2.08. The van der Waals surface area contributed by atoms with Gasteiger partial charge in [0.25, 0.3) is 5.91 Å². The fraction of sp³-hybridized carbons (Fsp3) is 0.235. The lowest BCUT2D eigenvalue weighted by molar-refractivity contribution is 0.0951. The molecule has 3 rings (SSSR count). The van der Waals surface area contributed by atoms with Crippen LogP contribution in [0.25, 0.3) is 0 Å². The van der Waals surface area contributed by atoms with E-state index in [9.17, 15) is 4.79 Å². The van der Waals surface area contributed by atoms with Crippen LogP contribution in [0, 0.1) is 0 Å². The van der Waals surface area contributed by atoms with Crippen LogP contribution in [0.5, 0.6) is 0 Å². The Bertz CT molecular complexity index is 618. The molecule has 1 aliphatic carbocycles. The molecule has 21 heavy (non-hydrogen) atoms.